The number of carbonyl (C=O) groups excluding carboxylic acids is 3. The Morgan fingerprint density at radius 3 is 1.43 bits per heavy atom. The fraction of sp³-hybridized carbons (Fsp3) is 0.700. The Hall–Kier alpha value is -0.0866. The molecule has 0 atom stereocenters. The molecular weight excluding hydrogens is 348 g/mol. The van der Waals surface area contributed by atoms with Crippen molar-refractivity contribution < 1.29 is 83.8 Å². The number of aliphatic hydroxyl groups is 1. The molecule has 0 aliphatic rings. The molecule has 0 bridgehead atoms. The summed E-state index contributed by atoms with van der Waals surface area (Å²) in [4.78, 5) is 33.6. The third-order valence-electron chi connectivity index (χ3n) is 2.21. The molecule has 0 heterocycles. The molecule has 0 rings (SSSR count). The molecular formula is C10H15N2NaO7Zn. The van der Waals surface area contributed by atoms with Crippen molar-refractivity contribution in [2.75, 3.05) is 45.9 Å². The molecule has 0 aromatic heterocycles. The van der Waals surface area contributed by atoms with Crippen LogP contribution in [0.15, 0.2) is 0 Å². The summed E-state index contributed by atoms with van der Waals surface area (Å²) in [7, 11) is 0. The van der Waals surface area contributed by atoms with Gasteiger partial charge in [0.25, 0.3) is 0 Å². The van der Waals surface area contributed by atoms with Gasteiger partial charge in [0.15, 0.2) is 0 Å². The maximum absolute atomic E-state index is 10.4. The van der Waals surface area contributed by atoms with Gasteiger partial charge in [0.2, 0.25) is 0 Å². The topological polar surface area (TPSA) is 147 Å². The standard InChI is InChI=1S/C10H18N2O7.Na.Zn/c13-4-3-11(5-8(14)15)1-2-12(6-9(16)17)7-10(18)19;;/h13H,1-7H2,(H,14,15)(H,16,17)(H,18,19);;/q;+1;+2/p-3. The van der Waals surface area contributed by atoms with Gasteiger partial charge in [-0.3, -0.25) is 9.80 Å². The predicted octanol–water partition coefficient (Wildman–Crippen LogP) is -9.17. The van der Waals surface area contributed by atoms with Gasteiger partial charge in [-0.15, -0.1) is 0 Å². The number of aliphatic carboxylic acids is 3. The average molecular weight is 364 g/mol. The Morgan fingerprint density at radius 2 is 1.10 bits per heavy atom. The van der Waals surface area contributed by atoms with Crippen LogP contribution < -0.4 is 44.9 Å². The molecule has 0 fully saturated rings. The van der Waals surface area contributed by atoms with E-state index in [4.69, 9.17) is 5.11 Å². The van der Waals surface area contributed by atoms with E-state index in [0.29, 0.717) is 0 Å². The summed E-state index contributed by atoms with van der Waals surface area (Å²) >= 11 is 0. The second-order valence-electron chi connectivity index (χ2n) is 3.83. The number of rotatable bonds is 11. The second-order valence-corrected chi connectivity index (χ2v) is 3.83. The zero-order valence-electron chi connectivity index (χ0n) is 11.9. The van der Waals surface area contributed by atoms with Crippen molar-refractivity contribution in [1.29, 1.82) is 0 Å². The fourth-order valence-electron chi connectivity index (χ4n) is 1.46. The number of aliphatic hydroxyl groups excluding tert-OH is 1. The van der Waals surface area contributed by atoms with E-state index in [-0.39, 0.29) is 75.3 Å². The molecule has 0 spiro atoms. The third-order valence-corrected chi connectivity index (χ3v) is 2.21. The van der Waals surface area contributed by atoms with E-state index in [1.807, 2.05) is 0 Å². The first-order valence-corrected chi connectivity index (χ1v) is 5.50. The summed E-state index contributed by atoms with van der Waals surface area (Å²) < 4.78 is 0. The van der Waals surface area contributed by atoms with Gasteiger partial charge in [-0.2, -0.15) is 0 Å². The van der Waals surface area contributed by atoms with Crippen molar-refractivity contribution in [3.8, 4) is 0 Å². The normalized spacial score (nSPS) is 9.86. The van der Waals surface area contributed by atoms with Crippen LogP contribution in [0.2, 0.25) is 0 Å². The van der Waals surface area contributed by atoms with Crippen LogP contribution in [0.3, 0.4) is 0 Å². The third kappa shape index (κ3) is 16.1. The number of nitrogens with zero attached hydrogens (tertiary/aromatic N) is 2. The number of carboxylic acids is 3. The first-order valence-electron chi connectivity index (χ1n) is 5.50. The van der Waals surface area contributed by atoms with Crippen LogP contribution in [0, 0.1) is 0 Å². The van der Waals surface area contributed by atoms with Crippen molar-refractivity contribution in [1.82, 2.24) is 9.80 Å². The van der Waals surface area contributed by atoms with E-state index in [2.05, 4.69) is 0 Å². The summed E-state index contributed by atoms with van der Waals surface area (Å²) in [6.45, 7) is -1.83. The van der Waals surface area contributed by atoms with E-state index < -0.39 is 37.5 Å². The maximum atomic E-state index is 10.4. The van der Waals surface area contributed by atoms with Crippen molar-refractivity contribution >= 4 is 17.9 Å². The molecule has 0 saturated heterocycles. The van der Waals surface area contributed by atoms with Gasteiger partial charge in [-0.05, 0) is 0 Å². The van der Waals surface area contributed by atoms with Gasteiger partial charge in [-0.25, -0.2) is 0 Å². The Kier molecular flexibility index (Phi) is 18.3. The molecule has 9 nitrogen and oxygen atoms in total. The molecule has 0 aliphatic heterocycles. The smallest absolute Gasteiger partial charge is 0.549 e. The minimum atomic E-state index is -1.45. The number of hydrogen-bond donors (Lipinski definition) is 1. The van der Waals surface area contributed by atoms with Crippen LogP contribution >= 0.6 is 0 Å². The Bertz CT molecular complexity index is 317. The minimum Gasteiger partial charge on any atom is -0.549 e. The summed E-state index contributed by atoms with van der Waals surface area (Å²) in [5, 5.41) is 40.0. The van der Waals surface area contributed by atoms with Crippen LogP contribution in [0.5, 0.6) is 0 Å². The zero-order chi connectivity index (χ0) is 14.8. The Labute approximate surface area is 157 Å². The minimum absolute atomic E-state index is 0. The van der Waals surface area contributed by atoms with E-state index in [1.54, 1.807) is 0 Å². The fourth-order valence-corrected chi connectivity index (χ4v) is 1.46. The van der Waals surface area contributed by atoms with Gasteiger partial charge in [0.05, 0.1) is 24.5 Å². The number of carboxylic acid groups (broad SMARTS) is 3. The quantitative estimate of drug-likeness (QED) is 0.353. The molecule has 11 heteroatoms. The molecule has 0 saturated carbocycles. The molecule has 0 aromatic carbocycles. The Balaban J connectivity index is -0.00000162. The SMILES string of the molecule is O=C([O-])CN(CCO)CCN(CC(=O)[O-])CC(=O)[O-].[Na+].[Zn+2]. The monoisotopic (exact) mass is 362 g/mol. The number of carbonyl (C=O) groups is 3. The first-order chi connectivity index (χ1) is 8.85. The zero-order valence-corrected chi connectivity index (χ0v) is 16.9. The van der Waals surface area contributed by atoms with Crippen LogP contribution in [-0.4, -0.2) is 78.7 Å². The van der Waals surface area contributed by atoms with Crippen LogP contribution in [-0.2, 0) is 33.9 Å². The van der Waals surface area contributed by atoms with Gasteiger partial charge in [-0.1, -0.05) is 0 Å². The van der Waals surface area contributed by atoms with Gasteiger partial charge in [0.1, 0.15) is 0 Å². The molecule has 0 aromatic rings. The predicted molar refractivity (Wildman–Crippen MR) is 55.0 cm³/mol. The van der Waals surface area contributed by atoms with E-state index in [9.17, 15) is 29.7 Å². The summed E-state index contributed by atoms with van der Waals surface area (Å²) in [5.74, 6) is -4.25. The van der Waals surface area contributed by atoms with Gasteiger partial charge in [0, 0.05) is 39.3 Å². The van der Waals surface area contributed by atoms with E-state index in [0.717, 1.165) is 4.90 Å². The Morgan fingerprint density at radius 1 is 0.762 bits per heavy atom. The molecule has 1 N–H and O–H groups in total. The van der Waals surface area contributed by atoms with E-state index in [1.165, 1.54) is 4.90 Å². The molecule has 0 unspecified atom stereocenters. The summed E-state index contributed by atoms with van der Waals surface area (Å²) in [5.41, 5.74) is 0. The molecule has 0 amide bonds. The summed E-state index contributed by atoms with van der Waals surface area (Å²) in [6.07, 6.45) is 0. The van der Waals surface area contributed by atoms with Gasteiger partial charge < -0.3 is 34.8 Å². The second kappa shape index (κ2) is 14.8. The van der Waals surface area contributed by atoms with Crippen LogP contribution in [0.25, 0.3) is 0 Å². The van der Waals surface area contributed by atoms with Crippen LogP contribution in [0.4, 0.5) is 0 Å². The largest absolute Gasteiger partial charge is 2.00 e. The van der Waals surface area contributed by atoms with Gasteiger partial charge >= 0.3 is 49.0 Å². The summed E-state index contributed by atoms with van der Waals surface area (Å²) in [6, 6.07) is 0. The van der Waals surface area contributed by atoms with Crippen molar-refractivity contribution in [2.24, 2.45) is 0 Å². The molecule has 21 heavy (non-hydrogen) atoms. The van der Waals surface area contributed by atoms with E-state index >= 15 is 0 Å². The van der Waals surface area contributed by atoms with Crippen molar-refractivity contribution in [3.05, 3.63) is 0 Å². The first kappa shape index (κ1) is 25.8. The molecule has 0 aliphatic carbocycles. The van der Waals surface area contributed by atoms with Crippen molar-refractivity contribution in [2.45, 2.75) is 0 Å². The van der Waals surface area contributed by atoms with Crippen LogP contribution in [0.1, 0.15) is 0 Å². The maximum Gasteiger partial charge on any atom is 2.00 e. The average Bonchev–Trinajstić information content (AvgIpc) is 2.23. The number of hydrogen-bond acceptors (Lipinski definition) is 9. The molecule has 0 radical (unpaired) electrons. The molecule has 110 valence electrons. The van der Waals surface area contributed by atoms with Crippen molar-refractivity contribution in [3.63, 3.8) is 0 Å².